The topological polar surface area (TPSA) is 71.4 Å². The molecule has 2 rings (SSSR count). The van der Waals surface area contributed by atoms with E-state index in [1.807, 2.05) is 0 Å². The lowest BCUT2D eigenvalue weighted by molar-refractivity contribution is 0.0692. The first kappa shape index (κ1) is 14.2. The van der Waals surface area contributed by atoms with Crippen LogP contribution in [0.1, 0.15) is 15.9 Å². The lowest BCUT2D eigenvalue weighted by Gasteiger charge is -2.07. The van der Waals surface area contributed by atoms with Crippen LogP contribution < -0.4 is 0 Å². The van der Waals surface area contributed by atoms with Crippen molar-refractivity contribution in [3.63, 3.8) is 0 Å². The van der Waals surface area contributed by atoms with E-state index >= 15 is 0 Å². The average molecular weight is 294 g/mol. The highest BCUT2D eigenvalue weighted by atomic mass is 32.2. The van der Waals surface area contributed by atoms with Crippen LogP contribution in [0.15, 0.2) is 53.4 Å². The second-order valence-electron chi connectivity index (χ2n) is 4.19. The van der Waals surface area contributed by atoms with Crippen LogP contribution >= 0.6 is 0 Å². The fourth-order valence-corrected chi connectivity index (χ4v) is 3.36. The summed E-state index contributed by atoms with van der Waals surface area (Å²) < 4.78 is 37.3. The molecular weight excluding hydrogens is 283 g/mol. The summed E-state index contributed by atoms with van der Waals surface area (Å²) in [6.07, 6.45) is 0. The SMILES string of the molecule is O=C(O)c1ccccc1S(=O)(=O)Cc1ccc(F)cc1. The molecule has 2 aromatic carbocycles. The molecule has 6 heteroatoms. The highest BCUT2D eigenvalue weighted by Crippen LogP contribution is 2.20. The molecule has 0 aliphatic heterocycles. The van der Waals surface area contributed by atoms with Crippen molar-refractivity contribution >= 4 is 15.8 Å². The number of hydrogen-bond donors (Lipinski definition) is 1. The summed E-state index contributed by atoms with van der Waals surface area (Å²) in [5.74, 6) is -2.14. The van der Waals surface area contributed by atoms with Crippen molar-refractivity contribution in [2.24, 2.45) is 0 Å². The Labute approximate surface area is 115 Å². The number of hydrogen-bond acceptors (Lipinski definition) is 3. The monoisotopic (exact) mass is 294 g/mol. The van der Waals surface area contributed by atoms with Crippen molar-refractivity contribution in [3.8, 4) is 0 Å². The number of halogens is 1. The Balaban J connectivity index is 2.41. The lowest BCUT2D eigenvalue weighted by atomic mass is 10.2. The first-order valence-corrected chi connectivity index (χ1v) is 7.35. The summed E-state index contributed by atoms with van der Waals surface area (Å²) in [7, 11) is -3.81. The zero-order valence-corrected chi connectivity index (χ0v) is 11.1. The van der Waals surface area contributed by atoms with E-state index in [1.54, 1.807) is 0 Å². The molecule has 0 amide bonds. The molecule has 0 aromatic heterocycles. The third-order valence-corrected chi connectivity index (χ3v) is 4.46. The molecule has 0 radical (unpaired) electrons. The highest BCUT2D eigenvalue weighted by molar-refractivity contribution is 7.90. The van der Waals surface area contributed by atoms with Crippen molar-refractivity contribution in [1.82, 2.24) is 0 Å². The standard InChI is InChI=1S/C14H11FO4S/c15-11-7-5-10(6-8-11)9-20(18,19)13-4-2-1-3-12(13)14(16)17/h1-8H,9H2,(H,16,17). The van der Waals surface area contributed by atoms with Gasteiger partial charge in [-0.3, -0.25) is 0 Å². The Morgan fingerprint density at radius 1 is 1.05 bits per heavy atom. The van der Waals surface area contributed by atoms with E-state index in [0.29, 0.717) is 5.56 Å². The molecule has 0 bridgehead atoms. The first-order chi connectivity index (χ1) is 9.40. The Hall–Kier alpha value is -2.21. The minimum Gasteiger partial charge on any atom is -0.478 e. The summed E-state index contributed by atoms with van der Waals surface area (Å²) in [5, 5.41) is 9.02. The normalized spacial score (nSPS) is 11.2. The van der Waals surface area contributed by atoms with Gasteiger partial charge >= 0.3 is 5.97 Å². The summed E-state index contributed by atoms with van der Waals surface area (Å²) >= 11 is 0. The van der Waals surface area contributed by atoms with Crippen LogP contribution in [0, 0.1) is 5.82 Å². The van der Waals surface area contributed by atoms with Gasteiger partial charge in [-0.2, -0.15) is 0 Å². The van der Waals surface area contributed by atoms with E-state index in [1.165, 1.54) is 36.4 Å². The maximum atomic E-state index is 12.8. The Morgan fingerprint density at radius 2 is 1.65 bits per heavy atom. The van der Waals surface area contributed by atoms with E-state index in [2.05, 4.69) is 0 Å². The molecule has 0 aliphatic rings. The molecule has 20 heavy (non-hydrogen) atoms. The minimum absolute atomic E-state index is 0.239. The Kier molecular flexibility index (Phi) is 3.85. The minimum atomic E-state index is -3.81. The number of rotatable bonds is 4. The van der Waals surface area contributed by atoms with Crippen LogP contribution in [0.2, 0.25) is 0 Å². The zero-order chi connectivity index (χ0) is 14.8. The molecule has 104 valence electrons. The maximum absolute atomic E-state index is 12.8. The Bertz CT molecular complexity index is 736. The van der Waals surface area contributed by atoms with E-state index in [0.717, 1.165) is 12.1 Å². The van der Waals surface area contributed by atoms with Gasteiger partial charge in [-0.15, -0.1) is 0 Å². The van der Waals surface area contributed by atoms with Crippen molar-refractivity contribution in [2.75, 3.05) is 0 Å². The van der Waals surface area contributed by atoms with E-state index in [4.69, 9.17) is 5.11 Å². The van der Waals surface area contributed by atoms with Gasteiger partial charge in [0.05, 0.1) is 16.2 Å². The molecule has 1 N–H and O–H groups in total. The smallest absolute Gasteiger partial charge is 0.337 e. The van der Waals surface area contributed by atoms with E-state index in [-0.39, 0.29) is 16.2 Å². The summed E-state index contributed by atoms with van der Waals surface area (Å²) in [6, 6.07) is 10.4. The molecule has 0 saturated heterocycles. The van der Waals surface area contributed by atoms with Crippen LogP contribution in [0.25, 0.3) is 0 Å². The van der Waals surface area contributed by atoms with Gasteiger partial charge in [0.25, 0.3) is 0 Å². The average Bonchev–Trinajstić information content (AvgIpc) is 2.41. The number of carbonyl (C=O) groups is 1. The van der Waals surface area contributed by atoms with Crippen LogP contribution in [-0.2, 0) is 15.6 Å². The second kappa shape index (κ2) is 5.42. The van der Waals surface area contributed by atoms with Gasteiger partial charge in [-0.1, -0.05) is 24.3 Å². The van der Waals surface area contributed by atoms with Gasteiger partial charge in [0.2, 0.25) is 0 Å². The van der Waals surface area contributed by atoms with Crippen molar-refractivity contribution in [1.29, 1.82) is 0 Å². The predicted molar refractivity (Wildman–Crippen MR) is 70.7 cm³/mol. The molecule has 0 aliphatic carbocycles. The number of carboxylic acids is 1. The van der Waals surface area contributed by atoms with Crippen LogP contribution in [0.5, 0.6) is 0 Å². The second-order valence-corrected chi connectivity index (χ2v) is 6.14. The zero-order valence-electron chi connectivity index (χ0n) is 10.3. The number of benzene rings is 2. The molecule has 0 spiro atoms. The van der Waals surface area contributed by atoms with Crippen LogP contribution in [0.4, 0.5) is 4.39 Å². The van der Waals surface area contributed by atoms with Gasteiger partial charge in [-0.05, 0) is 29.8 Å². The van der Waals surface area contributed by atoms with Crippen molar-refractivity contribution < 1.29 is 22.7 Å². The third-order valence-electron chi connectivity index (χ3n) is 2.72. The summed E-state index contributed by atoms with van der Waals surface area (Å²) in [4.78, 5) is 10.8. The molecule has 0 atom stereocenters. The fourth-order valence-electron chi connectivity index (χ4n) is 1.79. The summed E-state index contributed by atoms with van der Waals surface area (Å²) in [5.41, 5.74) is 0.126. The number of sulfone groups is 1. The fraction of sp³-hybridized carbons (Fsp3) is 0.0714. The van der Waals surface area contributed by atoms with Crippen molar-refractivity contribution in [3.05, 3.63) is 65.5 Å². The van der Waals surface area contributed by atoms with Gasteiger partial charge < -0.3 is 5.11 Å². The maximum Gasteiger partial charge on any atom is 0.337 e. The van der Waals surface area contributed by atoms with Gasteiger partial charge in [0.15, 0.2) is 9.84 Å². The van der Waals surface area contributed by atoms with Gasteiger partial charge in [-0.25, -0.2) is 17.6 Å². The molecule has 0 fully saturated rings. The Morgan fingerprint density at radius 3 is 2.25 bits per heavy atom. The van der Waals surface area contributed by atoms with E-state index in [9.17, 15) is 17.6 Å². The molecule has 4 nitrogen and oxygen atoms in total. The molecule has 0 unspecified atom stereocenters. The molecule has 0 saturated carbocycles. The number of carboxylic acid groups (broad SMARTS) is 1. The van der Waals surface area contributed by atoms with Crippen LogP contribution in [-0.4, -0.2) is 19.5 Å². The van der Waals surface area contributed by atoms with Gasteiger partial charge in [0.1, 0.15) is 5.82 Å². The summed E-state index contributed by atoms with van der Waals surface area (Å²) in [6.45, 7) is 0. The van der Waals surface area contributed by atoms with Crippen molar-refractivity contribution in [2.45, 2.75) is 10.6 Å². The molecular formula is C14H11FO4S. The third kappa shape index (κ3) is 3.03. The van der Waals surface area contributed by atoms with Crippen LogP contribution in [0.3, 0.4) is 0 Å². The molecule has 0 heterocycles. The quantitative estimate of drug-likeness (QED) is 0.940. The lowest BCUT2D eigenvalue weighted by Crippen LogP contribution is -2.11. The van der Waals surface area contributed by atoms with Gasteiger partial charge in [0, 0.05) is 0 Å². The van der Waals surface area contributed by atoms with E-state index < -0.39 is 21.6 Å². The highest BCUT2D eigenvalue weighted by Gasteiger charge is 2.22. The number of aromatic carboxylic acids is 1. The largest absolute Gasteiger partial charge is 0.478 e. The predicted octanol–water partition coefficient (Wildman–Crippen LogP) is 2.50. The first-order valence-electron chi connectivity index (χ1n) is 5.70. The molecule has 2 aromatic rings.